The van der Waals surface area contributed by atoms with Crippen molar-refractivity contribution in [3.8, 4) is 6.07 Å². The molecule has 0 amide bonds. The van der Waals surface area contributed by atoms with E-state index in [1.807, 2.05) is 12.1 Å². The molecule has 0 aliphatic rings. The van der Waals surface area contributed by atoms with Crippen LogP contribution in [0.2, 0.25) is 0 Å². The second-order valence-electron chi connectivity index (χ2n) is 5.03. The van der Waals surface area contributed by atoms with Crippen LogP contribution in [0.5, 0.6) is 0 Å². The van der Waals surface area contributed by atoms with Crippen molar-refractivity contribution in [3.63, 3.8) is 0 Å². The molecule has 2 heterocycles. The van der Waals surface area contributed by atoms with Crippen molar-refractivity contribution in [2.24, 2.45) is 0 Å². The fourth-order valence-corrected chi connectivity index (χ4v) is 2.33. The third-order valence-electron chi connectivity index (χ3n) is 3.53. The molecule has 114 valence electrons. The second-order valence-corrected chi connectivity index (χ2v) is 5.03. The Bertz CT molecular complexity index is 971. The summed E-state index contributed by atoms with van der Waals surface area (Å²) in [7, 11) is 0. The highest BCUT2D eigenvalue weighted by atomic mass is 16.5. The number of nitrogens with one attached hydrogen (secondary N) is 1. The first-order valence-corrected chi connectivity index (χ1v) is 6.89. The molecule has 23 heavy (non-hydrogen) atoms. The maximum atomic E-state index is 11.8. The molecular formula is C16H13N5O2. The molecule has 0 bridgehead atoms. The number of rotatable bonds is 3. The van der Waals surface area contributed by atoms with Gasteiger partial charge in [0.15, 0.2) is 5.65 Å². The van der Waals surface area contributed by atoms with Crippen molar-refractivity contribution in [2.45, 2.75) is 13.5 Å². The third-order valence-corrected chi connectivity index (χ3v) is 3.53. The number of nitrogens with zero attached hydrogens (tertiary/aromatic N) is 4. The molecule has 2 N–H and O–H groups in total. The van der Waals surface area contributed by atoms with Gasteiger partial charge in [-0.1, -0.05) is 12.1 Å². The number of nitriles is 1. The molecule has 0 fully saturated rings. The van der Waals surface area contributed by atoms with Gasteiger partial charge in [-0.15, -0.1) is 4.73 Å². The van der Waals surface area contributed by atoms with Gasteiger partial charge in [0, 0.05) is 12.6 Å². The summed E-state index contributed by atoms with van der Waals surface area (Å²) >= 11 is 0. The molecule has 2 aromatic heterocycles. The van der Waals surface area contributed by atoms with Crippen LogP contribution in [0.15, 0.2) is 41.5 Å². The fraction of sp³-hybridized carbons (Fsp3) is 0.125. The van der Waals surface area contributed by atoms with Crippen LogP contribution in [0.3, 0.4) is 0 Å². The zero-order valence-electron chi connectivity index (χ0n) is 12.3. The molecule has 0 radical (unpaired) electrons. The number of pyridine rings is 1. The first-order chi connectivity index (χ1) is 11.1. The van der Waals surface area contributed by atoms with E-state index in [4.69, 9.17) is 5.26 Å². The molecule has 0 spiro atoms. The minimum Gasteiger partial charge on any atom is -0.423 e. The average Bonchev–Trinajstić information content (AvgIpc) is 2.57. The summed E-state index contributed by atoms with van der Waals surface area (Å²) in [4.78, 5) is 19.9. The molecular weight excluding hydrogens is 294 g/mol. The molecule has 1 aromatic carbocycles. The molecule has 0 saturated heterocycles. The van der Waals surface area contributed by atoms with Gasteiger partial charge in [0.25, 0.3) is 5.56 Å². The first kappa shape index (κ1) is 14.5. The Morgan fingerprint density at radius 1 is 1.30 bits per heavy atom. The Kier molecular flexibility index (Phi) is 3.65. The van der Waals surface area contributed by atoms with Gasteiger partial charge in [0.05, 0.1) is 28.4 Å². The van der Waals surface area contributed by atoms with Crippen LogP contribution >= 0.6 is 0 Å². The van der Waals surface area contributed by atoms with E-state index in [1.165, 1.54) is 12.4 Å². The lowest BCUT2D eigenvalue weighted by Gasteiger charge is -2.12. The summed E-state index contributed by atoms with van der Waals surface area (Å²) in [5.74, 6) is 0. The molecule has 3 rings (SSSR count). The zero-order valence-corrected chi connectivity index (χ0v) is 12.3. The number of hydrogen-bond acceptors (Lipinski definition) is 6. The van der Waals surface area contributed by atoms with Crippen molar-refractivity contribution in [3.05, 3.63) is 63.8 Å². The zero-order chi connectivity index (χ0) is 16.4. The van der Waals surface area contributed by atoms with E-state index >= 15 is 0 Å². The summed E-state index contributed by atoms with van der Waals surface area (Å²) < 4.78 is 0.511. The van der Waals surface area contributed by atoms with E-state index in [2.05, 4.69) is 21.4 Å². The van der Waals surface area contributed by atoms with E-state index in [-0.39, 0.29) is 5.65 Å². The van der Waals surface area contributed by atoms with Gasteiger partial charge in [0.2, 0.25) is 0 Å². The quantitative estimate of drug-likeness (QED) is 0.715. The predicted molar refractivity (Wildman–Crippen MR) is 84.2 cm³/mol. The number of fused-ring (bicyclic) bond motifs is 1. The summed E-state index contributed by atoms with van der Waals surface area (Å²) in [5.41, 5.74) is 2.34. The lowest BCUT2D eigenvalue weighted by Crippen LogP contribution is -2.20. The van der Waals surface area contributed by atoms with Crippen molar-refractivity contribution >= 4 is 16.7 Å². The molecule has 0 atom stereocenters. The maximum absolute atomic E-state index is 11.8. The van der Waals surface area contributed by atoms with Crippen molar-refractivity contribution < 1.29 is 5.21 Å². The largest absolute Gasteiger partial charge is 0.423 e. The Hall–Kier alpha value is -3.40. The topological polar surface area (TPSA) is 104 Å². The van der Waals surface area contributed by atoms with E-state index in [0.717, 1.165) is 5.56 Å². The number of anilines is 1. The summed E-state index contributed by atoms with van der Waals surface area (Å²) in [6, 6.07) is 10.5. The van der Waals surface area contributed by atoms with E-state index in [1.54, 1.807) is 19.1 Å². The van der Waals surface area contributed by atoms with E-state index in [0.29, 0.717) is 33.6 Å². The summed E-state index contributed by atoms with van der Waals surface area (Å²) in [6.45, 7) is 2.24. The van der Waals surface area contributed by atoms with Crippen LogP contribution < -0.4 is 10.9 Å². The minimum atomic E-state index is -0.571. The van der Waals surface area contributed by atoms with Crippen molar-refractivity contribution in [1.29, 1.82) is 5.26 Å². The molecule has 0 saturated carbocycles. The molecule has 0 aliphatic heterocycles. The monoisotopic (exact) mass is 307 g/mol. The predicted octanol–water partition coefficient (Wildman–Crippen LogP) is 1.82. The Balaban J connectivity index is 1.98. The van der Waals surface area contributed by atoms with Gasteiger partial charge in [-0.25, -0.2) is 9.97 Å². The van der Waals surface area contributed by atoms with Crippen molar-refractivity contribution in [2.75, 3.05) is 5.32 Å². The number of hydrogen-bond donors (Lipinski definition) is 2. The highest BCUT2D eigenvalue weighted by molar-refractivity contribution is 5.90. The van der Waals surface area contributed by atoms with Gasteiger partial charge in [-0.05, 0) is 24.6 Å². The molecule has 3 aromatic rings. The van der Waals surface area contributed by atoms with Crippen LogP contribution in [-0.2, 0) is 6.54 Å². The highest BCUT2D eigenvalue weighted by Gasteiger charge is 2.12. The van der Waals surface area contributed by atoms with Crippen LogP contribution in [0.25, 0.3) is 11.0 Å². The molecule has 0 aliphatic carbocycles. The Morgan fingerprint density at radius 2 is 2.04 bits per heavy atom. The molecule has 0 unspecified atom stereocenters. The average molecular weight is 307 g/mol. The minimum absolute atomic E-state index is 0.160. The number of benzene rings is 1. The Labute approximate surface area is 131 Å². The van der Waals surface area contributed by atoms with E-state index < -0.39 is 5.56 Å². The van der Waals surface area contributed by atoms with Crippen LogP contribution in [0.4, 0.5) is 5.69 Å². The standard InChI is InChI=1S/C16H13N5O2/c1-10-15-13(6-14(22)21(23)16(15)20-9-19-10)18-8-12-4-2-11(7-17)3-5-12/h2-6,9,18,23H,8H2,1H3. The van der Waals surface area contributed by atoms with Gasteiger partial charge in [0.1, 0.15) is 6.33 Å². The number of aromatic nitrogens is 3. The van der Waals surface area contributed by atoms with Crippen LogP contribution in [0, 0.1) is 18.3 Å². The normalized spacial score (nSPS) is 10.4. The van der Waals surface area contributed by atoms with Crippen LogP contribution in [-0.4, -0.2) is 19.9 Å². The van der Waals surface area contributed by atoms with Gasteiger partial charge >= 0.3 is 0 Å². The SMILES string of the molecule is Cc1ncnc2c1c(NCc1ccc(C#N)cc1)cc(=O)n2O. The van der Waals surface area contributed by atoms with Gasteiger partial charge in [-0.2, -0.15) is 5.26 Å². The molecule has 7 nitrogen and oxygen atoms in total. The number of aryl methyl sites for hydroxylation is 1. The lowest BCUT2D eigenvalue weighted by molar-refractivity contribution is 0.186. The highest BCUT2D eigenvalue weighted by Crippen LogP contribution is 2.22. The van der Waals surface area contributed by atoms with Gasteiger partial charge in [-0.3, -0.25) is 4.79 Å². The third kappa shape index (κ3) is 2.70. The van der Waals surface area contributed by atoms with Crippen LogP contribution in [0.1, 0.15) is 16.8 Å². The lowest BCUT2D eigenvalue weighted by atomic mass is 10.1. The summed E-state index contributed by atoms with van der Waals surface area (Å²) in [6.07, 6.45) is 1.30. The van der Waals surface area contributed by atoms with Crippen molar-refractivity contribution in [1.82, 2.24) is 14.7 Å². The van der Waals surface area contributed by atoms with E-state index in [9.17, 15) is 10.0 Å². The summed E-state index contributed by atoms with van der Waals surface area (Å²) in [5, 5.41) is 22.4. The molecule has 7 heteroatoms. The first-order valence-electron chi connectivity index (χ1n) is 6.89. The Morgan fingerprint density at radius 3 is 2.74 bits per heavy atom. The van der Waals surface area contributed by atoms with Gasteiger partial charge < -0.3 is 10.5 Å². The second kappa shape index (κ2) is 5.77. The smallest absolute Gasteiger partial charge is 0.286 e. The fourth-order valence-electron chi connectivity index (χ4n) is 2.33. The maximum Gasteiger partial charge on any atom is 0.286 e.